The predicted molar refractivity (Wildman–Crippen MR) is 370 cm³/mol. The van der Waals surface area contributed by atoms with E-state index >= 15 is 0 Å². The van der Waals surface area contributed by atoms with Gasteiger partial charge in [-0.1, -0.05) is 365 Å². The first-order valence-electron chi connectivity index (χ1n) is 38.3. The summed E-state index contributed by atoms with van der Waals surface area (Å²) >= 11 is 0. The van der Waals surface area contributed by atoms with E-state index in [1.54, 1.807) is 6.08 Å². The van der Waals surface area contributed by atoms with E-state index in [4.69, 9.17) is 4.74 Å². The van der Waals surface area contributed by atoms with Crippen LogP contribution in [-0.4, -0.2) is 47.4 Å². The lowest BCUT2D eigenvalue weighted by molar-refractivity contribution is -0.143. The number of carbonyl (C=O) groups excluding carboxylic acids is 2. The SMILES string of the molecule is CCCCCCCC/C=C\CCCCCCCCCC(=O)OCCCCCCCCCCCCCC/C=C\CCCCCCCCCCCCCCC(=O)NC(CO)C(O)/C=C/CCCCCCCCCCCCCCCCCCCCCC. The normalized spacial score (nSPS) is 12.7. The number of esters is 1. The summed E-state index contributed by atoms with van der Waals surface area (Å²) < 4.78 is 5.50. The fourth-order valence-corrected chi connectivity index (χ4v) is 12.0. The molecule has 0 saturated carbocycles. The van der Waals surface area contributed by atoms with Gasteiger partial charge in [0.15, 0.2) is 0 Å². The number of amides is 1. The number of aliphatic hydroxyl groups is 2. The molecule has 0 bridgehead atoms. The first kappa shape index (κ1) is 82.1. The summed E-state index contributed by atoms with van der Waals surface area (Å²) in [5.41, 5.74) is 0. The third-order valence-electron chi connectivity index (χ3n) is 17.9. The molecule has 1 amide bonds. The van der Waals surface area contributed by atoms with Gasteiger partial charge in [-0.3, -0.25) is 9.59 Å². The molecule has 3 N–H and O–H groups in total. The second-order valence-corrected chi connectivity index (χ2v) is 26.3. The van der Waals surface area contributed by atoms with E-state index < -0.39 is 12.1 Å². The standard InChI is InChI=1S/C78H149NO5/c1-3-5-7-9-11-13-15-17-19-21-22-23-32-35-39-42-46-50-54-58-62-66-70-76(81)75(74-80)79-77(82)71-67-63-59-55-51-47-43-40-36-33-30-28-26-24-25-27-29-31-34-37-41-45-49-53-57-61-65-69-73-84-78(83)72-68-64-60-56-52-48-44-38-20-18-16-14-12-10-8-6-4-2/h18,20,24-25,66,70,75-76,80-81H,3-17,19,21-23,26-65,67-69,71-74H2,1-2H3,(H,79,82)/b20-18-,25-24-,70-66+. The minimum Gasteiger partial charge on any atom is -0.466 e. The van der Waals surface area contributed by atoms with Crippen LogP contribution in [-0.2, 0) is 14.3 Å². The lowest BCUT2D eigenvalue weighted by atomic mass is 10.0. The minimum absolute atomic E-state index is 0.0129. The zero-order chi connectivity index (χ0) is 60.6. The van der Waals surface area contributed by atoms with E-state index in [-0.39, 0.29) is 18.5 Å². The number of aliphatic hydroxyl groups excluding tert-OH is 2. The number of hydrogen-bond donors (Lipinski definition) is 3. The van der Waals surface area contributed by atoms with Gasteiger partial charge in [0.25, 0.3) is 0 Å². The van der Waals surface area contributed by atoms with Crippen LogP contribution in [0.15, 0.2) is 36.5 Å². The van der Waals surface area contributed by atoms with Crippen LogP contribution in [0.2, 0.25) is 0 Å². The highest BCUT2D eigenvalue weighted by atomic mass is 16.5. The summed E-state index contributed by atoms with van der Waals surface area (Å²) in [4.78, 5) is 24.6. The summed E-state index contributed by atoms with van der Waals surface area (Å²) in [6.07, 6.45) is 95.3. The quantitative estimate of drug-likeness (QED) is 0.0320. The van der Waals surface area contributed by atoms with Gasteiger partial charge in [-0.25, -0.2) is 0 Å². The van der Waals surface area contributed by atoms with Crippen molar-refractivity contribution in [3.63, 3.8) is 0 Å². The van der Waals surface area contributed by atoms with E-state index in [2.05, 4.69) is 43.5 Å². The fourth-order valence-electron chi connectivity index (χ4n) is 12.0. The molecule has 6 nitrogen and oxygen atoms in total. The van der Waals surface area contributed by atoms with Gasteiger partial charge in [0.1, 0.15) is 0 Å². The third kappa shape index (κ3) is 69.2. The summed E-state index contributed by atoms with van der Waals surface area (Å²) in [5.74, 6) is -0.0508. The van der Waals surface area contributed by atoms with Crippen molar-refractivity contribution in [2.24, 2.45) is 0 Å². The Bertz CT molecular complexity index is 1360. The molecular formula is C78H149NO5. The monoisotopic (exact) mass is 1180 g/mol. The van der Waals surface area contributed by atoms with Crippen LogP contribution in [0.5, 0.6) is 0 Å². The topological polar surface area (TPSA) is 95.9 Å². The number of rotatable bonds is 72. The molecule has 0 aromatic heterocycles. The fraction of sp³-hybridized carbons (Fsp3) is 0.897. The number of nitrogens with one attached hydrogen (secondary N) is 1. The lowest BCUT2D eigenvalue weighted by Crippen LogP contribution is -2.45. The van der Waals surface area contributed by atoms with Crippen LogP contribution < -0.4 is 5.32 Å². The van der Waals surface area contributed by atoms with Crippen LogP contribution >= 0.6 is 0 Å². The molecule has 496 valence electrons. The lowest BCUT2D eigenvalue weighted by Gasteiger charge is -2.20. The Kier molecular flexibility index (Phi) is 71.9. The third-order valence-corrected chi connectivity index (χ3v) is 17.9. The summed E-state index contributed by atoms with van der Waals surface area (Å²) in [5, 5.41) is 23.3. The molecule has 0 aliphatic heterocycles. The van der Waals surface area contributed by atoms with Gasteiger partial charge in [-0.15, -0.1) is 0 Å². The first-order valence-corrected chi connectivity index (χ1v) is 38.3. The molecule has 0 rings (SSSR count). The molecule has 0 saturated heterocycles. The van der Waals surface area contributed by atoms with Crippen molar-refractivity contribution in [1.82, 2.24) is 5.32 Å². The van der Waals surface area contributed by atoms with E-state index in [9.17, 15) is 19.8 Å². The highest BCUT2D eigenvalue weighted by Crippen LogP contribution is 2.19. The Morgan fingerprint density at radius 2 is 0.560 bits per heavy atom. The molecule has 0 aliphatic carbocycles. The maximum Gasteiger partial charge on any atom is 0.305 e. The van der Waals surface area contributed by atoms with Gasteiger partial charge >= 0.3 is 5.97 Å². The summed E-state index contributed by atoms with van der Waals surface area (Å²) in [6, 6.07) is -0.629. The molecule has 0 heterocycles. The average molecular weight is 1180 g/mol. The van der Waals surface area contributed by atoms with Crippen molar-refractivity contribution in [3.05, 3.63) is 36.5 Å². The average Bonchev–Trinajstić information content (AvgIpc) is 3.51. The van der Waals surface area contributed by atoms with E-state index in [0.29, 0.717) is 19.4 Å². The van der Waals surface area contributed by atoms with Crippen LogP contribution in [0.3, 0.4) is 0 Å². The molecule has 0 aromatic carbocycles. The molecule has 84 heavy (non-hydrogen) atoms. The zero-order valence-electron chi connectivity index (χ0n) is 56.9. The predicted octanol–water partition coefficient (Wildman–Crippen LogP) is 25.0. The molecule has 0 radical (unpaired) electrons. The summed E-state index contributed by atoms with van der Waals surface area (Å²) in [7, 11) is 0. The molecular weight excluding hydrogens is 1030 g/mol. The second kappa shape index (κ2) is 73.5. The molecule has 6 heteroatoms. The Hall–Kier alpha value is -1.92. The van der Waals surface area contributed by atoms with Crippen molar-refractivity contribution in [2.75, 3.05) is 13.2 Å². The van der Waals surface area contributed by atoms with E-state index in [1.165, 1.54) is 353 Å². The van der Waals surface area contributed by atoms with Crippen LogP contribution in [0, 0.1) is 0 Å². The Balaban J connectivity index is 3.40. The van der Waals surface area contributed by atoms with Gasteiger partial charge in [-0.05, 0) is 83.5 Å². The smallest absolute Gasteiger partial charge is 0.305 e. The number of allylic oxidation sites excluding steroid dienone is 5. The maximum atomic E-state index is 12.5. The molecule has 0 aliphatic rings. The van der Waals surface area contributed by atoms with Crippen LogP contribution in [0.4, 0.5) is 0 Å². The zero-order valence-corrected chi connectivity index (χ0v) is 56.9. The number of unbranched alkanes of at least 4 members (excludes halogenated alkanes) is 57. The Morgan fingerprint density at radius 1 is 0.321 bits per heavy atom. The summed E-state index contributed by atoms with van der Waals surface area (Å²) in [6.45, 7) is 4.94. The molecule has 2 atom stereocenters. The number of ether oxygens (including phenoxy) is 1. The Labute approximate surface area is 525 Å². The van der Waals surface area contributed by atoms with Gasteiger partial charge in [0.05, 0.1) is 25.4 Å². The highest BCUT2D eigenvalue weighted by molar-refractivity contribution is 5.76. The van der Waals surface area contributed by atoms with Gasteiger partial charge in [0.2, 0.25) is 5.91 Å². The van der Waals surface area contributed by atoms with Crippen molar-refractivity contribution in [2.45, 2.75) is 437 Å². The van der Waals surface area contributed by atoms with Crippen molar-refractivity contribution >= 4 is 11.9 Å². The molecule has 0 aromatic rings. The van der Waals surface area contributed by atoms with Crippen molar-refractivity contribution in [3.8, 4) is 0 Å². The van der Waals surface area contributed by atoms with Gasteiger partial charge in [0, 0.05) is 12.8 Å². The van der Waals surface area contributed by atoms with Crippen LogP contribution in [0.1, 0.15) is 425 Å². The van der Waals surface area contributed by atoms with Gasteiger partial charge in [-0.2, -0.15) is 0 Å². The Morgan fingerprint density at radius 3 is 0.845 bits per heavy atom. The highest BCUT2D eigenvalue weighted by Gasteiger charge is 2.18. The van der Waals surface area contributed by atoms with Crippen molar-refractivity contribution in [1.29, 1.82) is 0 Å². The first-order chi connectivity index (χ1) is 41.5. The number of carbonyl (C=O) groups is 2. The molecule has 2 unspecified atom stereocenters. The van der Waals surface area contributed by atoms with Crippen LogP contribution in [0.25, 0.3) is 0 Å². The number of hydrogen-bond acceptors (Lipinski definition) is 5. The van der Waals surface area contributed by atoms with E-state index in [1.807, 2.05) is 6.08 Å². The second-order valence-electron chi connectivity index (χ2n) is 26.3. The van der Waals surface area contributed by atoms with Gasteiger partial charge < -0.3 is 20.3 Å². The minimum atomic E-state index is -0.846. The largest absolute Gasteiger partial charge is 0.466 e. The maximum absolute atomic E-state index is 12.5. The molecule has 0 fully saturated rings. The van der Waals surface area contributed by atoms with Crippen molar-refractivity contribution < 1.29 is 24.5 Å². The molecule has 0 spiro atoms. The van der Waals surface area contributed by atoms with E-state index in [0.717, 1.165) is 44.9 Å².